The SMILES string of the molecule is CNC(=O)c1cnc(NC(=O)C2CC2)c2c1C=C(c1cccc(-c3nc(C)cn3C)n1)C2. The molecule has 1 saturated carbocycles. The molecule has 0 unspecified atom stereocenters. The Labute approximate surface area is 185 Å². The van der Waals surface area contributed by atoms with E-state index in [4.69, 9.17) is 4.98 Å². The minimum absolute atomic E-state index is 0.00822. The van der Waals surface area contributed by atoms with E-state index in [1.54, 1.807) is 7.05 Å². The minimum atomic E-state index is -0.212. The third kappa shape index (κ3) is 3.57. The Morgan fingerprint density at radius 1 is 1.16 bits per heavy atom. The Morgan fingerprint density at radius 3 is 2.62 bits per heavy atom. The van der Waals surface area contributed by atoms with E-state index in [0.29, 0.717) is 17.8 Å². The Kier molecular flexibility index (Phi) is 4.84. The molecule has 3 heterocycles. The summed E-state index contributed by atoms with van der Waals surface area (Å²) >= 11 is 0. The minimum Gasteiger partial charge on any atom is -0.355 e. The molecule has 0 aliphatic heterocycles. The summed E-state index contributed by atoms with van der Waals surface area (Å²) in [7, 11) is 3.54. The van der Waals surface area contributed by atoms with Crippen molar-refractivity contribution in [2.75, 3.05) is 12.4 Å². The molecular weight excluding hydrogens is 404 g/mol. The van der Waals surface area contributed by atoms with Gasteiger partial charge in [-0.1, -0.05) is 6.07 Å². The second-order valence-electron chi connectivity index (χ2n) is 8.33. The number of nitrogens with one attached hydrogen (secondary N) is 2. The molecule has 1 fully saturated rings. The molecule has 0 radical (unpaired) electrons. The second-order valence-corrected chi connectivity index (χ2v) is 8.33. The number of allylic oxidation sites excluding steroid dienone is 1. The molecule has 2 aliphatic rings. The summed E-state index contributed by atoms with van der Waals surface area (Å²) < 4.78 is 1.96. The van der Waals surface area contributed by atoms with Crippen LogP contribution in [0.5, 0.6) is 0 Å². The molecule has 8 nitrogen and oxygen atoms in total. The van der Waals surface area contributed by atoms with Gasteiger partial charge in [0.25, 0.3) is 5.91 Å². The van der Waals surface area contributed by atoms with Crippen LogP contribution in [0, 0.1) is 12.8 Å². The number of aryl methyl sites for hydroxylation is 2. The number of hydrogen-bond acceptors (Lipinski definition) is 5. The summed E-state index contributed by atoms with van der Waals surface area (Å²) in [6.45, 7) is 1.95. The quantitative estimate of drug-likeness (QED) is 0.651. The van der Waals surface area contributed by atoms with Gasteiger partial charge in [-0.05, 0) is 49.1 Å². The molecule has 162 valence electrons. The van der Waals surface area contributed by atoms with Crippen LogP contribution in [0.15, 0.2) is 30.6 Å². The highest BCUT2D eigenvalue weighted by Gasteiger charge is 2.32. The van der Waals surface area contributed by atoms with Gasteiger partial charge in [0.15, 0.2) is 5.82 Å². The molecule has 0 spiro atoms. The van der Waals surface area contributed by atoms with Gasteiger partial charge in [-0.2, -0.15) is 0 Å². The zero-order valence-electron chi connectivity index (χ0n) is 18.3. The van der Waals surface area contributed by atoms with E-state index in [2.05, 4.69) is 20.6 Å². The van der Waals surface area contributed by atoms with Crippen LogP contribution in [0.1, 0.15) is 45.7 Å². The zero-order chi connectivity index (χ0) is 22.4. The number of carbonyl (C=O) groups excluding carboxylic acids is 2. The van der Waals surface area contributed by atoms with Crippen molar-refractivity contribution < 1.29 is 9.59 Å². The predicted molar refractivity (Wildman–Crippen MR) is 122 cm³/mol. The Balaban J connectivity index is 1.53. The van der Waals surface area contributed by atoms with Crippen LogP contribution in [0.4, 0.5) is 5.82 Å². The van der Waals surface area contributed by atoms with Gasteiger partial charge in [0.2, 0.25) is 5.91 Å². The molecule has 0 aromatic carbocycles. The first-order chi connectivity index (χ1) is 15.4. The van der Waals surface area contributed by atoms with Crippen LogP contribution in [0.25, 0.3) is 23.2 Å². The zero-order valence-corrected chi connectivity index (χ0v) is 18.3. The number of rotatable bonds is 5. The number of hydrogen-bond donors (Lipinski definition) is 2. The lowest BCUT2D eigenvalue weighted by atomic mass is 10.0. The lowest BCUT2D eigenvalue weighted by molar-refractivity contribution is -0.117. The number of fused-ring (bicyclic) bond motifs is 1. The van der Waals surface area contributed by atoms with Crippen molar-refractivity contribution >= 4 is 29.3 Å². The van der Waals surface area contributed by atoms with E-state index in [1.807, 2.05) is 49.0 Å². The predicted octanol–water partition coefficient (Wildman–Crippen LogP) is 2.99. The van der Waals surface area contributed by atoms with Crippen LogP contribution in [-0.2, 0) is 18.3 Å². The number of aromatic nitrogens is 4. The van der Waals surface area contributed by atoms with Crippen molar-refractivity contribution in [2.24, 2.45) is 13.0 Å². The Hall–Kier alpha value is -3.81. The highest BCUT2D eigenvalue weighted by Crippen LogP contribution is 2.38. The molecular formula is C24H24N6O2. The first-order valence-corrected chi connectivity index (χ1v) is 10.7. The molecule has 3 aromatic rings. The van der Waals surface area contributed by atoms with Gasteiger partial charge in [0, 0.05) is 44.4 Å². The van der Waals surface area contributed by atoms with Gasteiger partial charge in [-0.25, -0.2) is 15.0 Å². The third-order valence-electron chi connectivity index (χ3n) is 5.88. The summed E-state index contributed by atoms with van der Waals surface area (Å²) in [5.41, 5.74) is 5.59. The molecule has 5 rings (SSSR count). The van der Waals surface area contributed by atoms with Crippen LogP contribution < -0.4 is 10.6 Å². The maximum absolute atomic E-state index is 12.5. The van der Waals surface area contributed by atoms with Crippen LogP contribution in [-0.4, -0.2) is 38.4 Å². The highest BCUT2D eigenvalue weighted by atomic mass is 16.2. The third-order valence-corrected chi connectivity index (χ3v) is 5.88. The van der Waals surface area contributed by atoms with E-state index >= 15 is 0 Å². The number of nitrogens with zero attached hydrogens (tertiary/aromatic N) is 4. The molecule has 0 bridgehead atoms. The van der Waals surface area contributed by atoms with Crippen molar-refractivity contribution in [3.05, 3.63) is 58.7 Å². The Bertz CT molecular complexity index is 1290. The number of carbonyl (C=O) groups is 2. The number of pyridine rings is 2. The van der Waals surface area contributed by atoms with E-state index in [9.17, 15) is 9.59 Å². The first-order valence-electron chi connectivity index (χ1n) is 10.7. The fourth-order valence-electron chi connectivity index (χ4n) is 4.07. The normalized spacial score (nSPS) is 14.7. The van der Waals surface area contributed by atoms with Gasteiger partial charge >= 0.3 is 0 Å². The number of amides is 2. The number of anilines is 1. The maximum Gasteiger partial charge on any atom is 0.253 e. The average Bonchev–Trinajstić information content (AvgIpc) is 3.46. The summed E-state index contributed by atoms with van der Waals surface area (Å²) in [4.78, 5) is 38.7. The van der Waals surface area contributed by atoms with Gasteiger partial charge in [0.05, 0.1) is 17.0 Å². The Morgan fingerprint density at radius 2 is 1.94 bits per heavy atom. The number of imidazole rings is 1. The summed E-state index contributed by atoms with van der Waals surface area (Å²) in [5, 5.41) is 5.63. The van der Waals surface area contributed by atoms with E-state index in [-0.39, 0.29) is 17.7 Å². The molecule has 0 saturated heterocycles. The smallest absolute Gasteiger partial charge is 0.253 e. The molecule has 8 heteroatoms. The fourth-order valence-corrected chi connectivity index (χ4v) is 4.07. The molecule has 0 atom stereocenters. The first kappa shape index (κ1) is 20.1. The molecule has 2 N–H and O–H groups in total. The van der Waals surface area contributed by atoms with Crippen LogP contribution in [0.2, 0.25) is 0 Å². The monoisotopic (exact) mass is 428 g/mol. The van der Waals surface area contributed by atoms with Gasteiger partial charge in [-0.3, -0.25) is 9.59 Å². The van der Waals surface area contributed by atoms with E-state index < -0.39 is 0 Å². The molecule has 3 aromatic heterocycles. The van der Waals surface area contributed by atoms with Crippen molar-refractivity contribution in [2.45, 2.75) is 26.2 Å². The fraction of sp³-hybridized carbons (Fsp3) is 0.292. The molecule has 2 aliphatic carbocycles. The van der Waals surface area contributed by atoms with Gasteiger partial charge < -0.3 is 15.2 Å². The molecule has 32 heavy (non-hydrogen) atoms. The highest BCUT2D eigenvalue weighted by molar-refractivity contribution is 6.04. The van der Waals surface area contributed by atoms with Gasteiger partial charge in [-0.15, -0.1) is 0 Å². The van der Waals surface area contributed by atoms with Crippen LogP contribution >= 0.6 is 0 Å². The molecule has 2 amide bonds. The summed E-state index contributed by atoms with van der Waals surface area (Å²) in [5.74, 6) is 1.17. The van der Waals surface area contributed by atoms with E-state index in [1.165, 1.54) is 6.20 Å². The standard InChI is InChI=1S/C24H24N6O2/c1-13-12-30(3)22(27-13)20-6-4-5-19(28-20)15-9-16-17(10-15)21(29-23(31)14-7-8-14)26-11-18(16)24(32)25-2/h4-6,9,11-12,14H,7-8,10H2,1-3H3,(H,25,32)(H,26,29,31). The van der Waals surface area contributed by atoms with Crippen molar-refractivity contribution in [3.63, 3.8) is 0 Å². The average molecular weight is 428 g/mol. The second kappa shape index (κ2) is 7.71. The van der Waals surface area contributed by atoms with Crippen molar-refractivity contribution in [1.82, 2.24) is 24.8 Å². The van der Waals surface area contributed by atoms with E-state index in [0.717, 1.165) is 52.4 Å². The topological polar surface area (TPSA) is 102 Å². The summed E-state index contributed by atoms with van der Waals surface area (Å²) in [6, 6.07) is 5.85. The van der Waals surface area contributed by atoms with Crippen molar-refractivity contribution in [1.29, 1.82) is 0 Å². The van der Waals surface area contributed by atoms with Crippen molar-refractivity contribution in [3.8, 4) is 11.5 Å². The van der Waals surface area contributed by atoms with Crippen LogP contribution in [0.3, 0.4) is 0 Å². The lowest BCUT2D eigenvalue weighted by Crippen LogP contribution is -2.21. The summed E-state index contributed by atoms with van der Waals surface area (Å²) in [6.07, 6.45) is 7.83. The maximum atomic E-state index is 12.5. The van der Waals surface area contributed by atoms with Gasteiger partial charge in [0.1, 0.15) is 11.5 Å². The lowest BCUT2D eigenvalue weighted by Gasteiger charge is -2.12. The largest absolute Gasteiger partial charge is 0.355 e.